The Balaban J connectivity index is 2.04. The summed E-state index contributed by atoms with van der Waals surface area (Å²) in [7, 11) is 0. The van der Waals surface area contributed by atoms with E-state index in [9.17, 15) is 4.79 Å². The van der Waals surface area contributed by atoms with Gasteiger partial charge in [-0.1, -0.05) is 0 Å². The molecule has 0 amide bonds. The molecule has 0 bridgehead atoms. The van der Waals surface area contributed by atoms with Gasteiger partial charge in [0.2, 0.25) is 0 Å². The van der Waals surface area contributed by atoms with Crippen molar-refractivity contribution in [3.63, 3.8) is 0 Å². The maximum absolute atomic E-state index is 10.7. The fraction of sp³-hybridized carbons (Fsp3) is 0.0909. The summed E-state index contributed by atoms with van der Waals surface area (Å²) < 4.78 is 4.92. The van der Waals surface area contributed by atoms with Crippen LogP contribution in [0.4, 0.5) is 5.69 Å². The Morgan fingerprint density at radius 3 is 3.06 bits per heavy atom. The van der Waals surface area contributed by atoms with Crippen LogP contribution in [-0.4, -0.2) is 16.1 Å². The number of carbonyl (C=O) groups is 1. The van der Waals surface area contributed by atoms with Crippen molar-refractivity contribution in [3.8, 4) is 0 Å². The van der Waals surface area contributed by atoms with Crippen LogP contribution >= 0.6 is 0 Å². The number of hydrogen-bond acceptors (Lipinski definition) is 4. The molecule has 0 atom stereocenters. The Morgan fingerprint density at radius 1 is 1.50 bits per heavy atom. The Morgan fingerprint density at radius 2 is 2.38 bits per heavy atom. The summed E-state index contributed by atoms with van der Waals surface area (Å²) in [4.78, 5) is 14.4. The number of carboxylic acids is 1. The quantitative estimate of drug-likeness (QED) is 0.820. The van der Waals surface area contributed by atoms with E-state index in [-0.39, 0.29) is 5.69 Å². The lowest BCUT2D eigenvalue weighted by molar-refractivity contribution is 0.0690. The van der Waals surface area contributed by atoms with Crippen LogP contribution in [0.15, 0.2) is 41.3 Å². The maximum atomic E-state index is 10.7. The first kappa shape index (κ1) is 10.2. The molecule has 2 N–H and O–H groups in total. The molecule has 5 nitrogen and oxygen atoms in total. The fourth-order valence-electron chi connectivity index (χ4n) is 1.25. The van der Waals surface area contributed by atoms with Gasteiger partial charge in [-0.25, -0.2) is 9.78 Å². The largest absolute Gasteiger partial charge is 0.477 e. The summed E-state index contributed by atoms with van der Waals surface area (Å²) in [5.74, 6) is -1.04. The third-order valence-electron chi connectivity index (χ3n) is 2.06. The van der Waals surface area contributed by atoms with Gasteiger partial charge in [-0.2, -0.15) is 0 Å². The number of furan rings is 1. The lowest BCUT2D eigenvalue weighted by Gasteiger charge is -2.04. The molecule has 0 aromatic carbocycles. The van der Waals surface area contributed by atoms with E-state index in [0.29, 0.717) is 12.2 Å². The third kappa shape index (κ3) is 2.38. The van der Waals surface area contributed by atoms with Crippen LogP contribution in [-0.2, 0) is 6.54 Å². The van der Waals surface area contributed by atoms with E-state index in [0.717, 1.165) is 5.56 Å². The van der Waals surface area contributed by atoms with Crippen LogP contribution in [0.1, 0.15) is 16.1 Å². The van der Waals surface area contributed by atoms with Crippen molar-refractivity contribution in [1.29, 1.82) is 0 Å². The number of anilines is 1. The van der Waals surface area contributed by atoms with Crippen molar-refractivity contribution in [1.82, 2.24) is 4.98 Å². The molecule has 16 heavy (non-hydrogen) atoms. The zero-order chi connectivity index (χ0) is 11.4. The summed E-state index contributed by atoms with van der Waals surface area (Å²) in [6.45, 7) is 0.583. The summed E-state index contributed by atoms with van der Waals surface area (Å²) in [5.41, 5.74) is 1.74. The molecule has 0 aliphatic heterocycles. The van der Waals surface area contributed by atoms with Gasteiger partial charge in [0, 0.05) is 24.0 Å². The van der Waals surface area contributed by atoms with Crippen LogP contribution in [0.2, 0.25) is 0 Å². The Labute approximate surface area is 91.7 Å². The predicted octanol–water partition coefficient (Wildman–Crippen LogP) is 1.98. The second kappa shape index (κ2) is 4.48. The van der Waals surface area contributed by atoms with E-state index in [2.05, 4.69) is 10.3 Å². The standard InChI is InChI=1S/C11H10N2O3/c14-11(15)10-5-9(1-3-12-10)13-6-8-2-4-16-7-8/h1-5,7H,6H2,(H,12,13)(H,14,15). The fourth-order valence-corrected chi connectivity index (χ4v) is 1.25. The number of aromatic carboxylic acids is 1. The smallest absolute Gasteiger partial charge is 0.354 e. The second-order valence-corrected chi connectivity index (χ2v) is 3.22. The average molecular weight is 218 g/mol. The molecule has 5 heteroatoms. The lowest BCUT2D eigenvalue weighted by atomic mass is 10.3. The number of aromatic nitrogens is 1. The van der Waals surface area contributed by atoms with Crippen molar-refractivity contribution in [2.24, 2.45) is 0 Å². The Hall–Kier alpha value is -2.30. The first-order chi connectivity index (χ1) is 7.75. The monoisotopic (exact) mass is 218 g/mol. The minimum atomic E-state index is -1.04. The van der Waals surface area contributed by atoms with Gasteiger partial charge in [-0.15, -0.1) is 0 Å². The normalized spacial score (nSPS) is 10.0. The lowest BCUT2D eigenvalue weighted by Crippen LogP contribution is -2.03. The van der Waals surface area contributed by atoms with E-state index >= 15 is 0 Å². The molecule has 2 heterocycles. The third-order valence-corrected chi connectivity index (χ3v) is 2.06. The van der Waals surface area contributed by atoms with Crippen molar-refractivity contribution in [3.05, 3.63) is 48.2 Å². The first-order valence-corrected chi connectivity index (χ1v) is 4.70. The van der Waals surface area contributed by atoms with E-state index in [1.165, 1.54) is 12.3 Å². The van der Waals surface area contributed by atoms with E-state index < -0.39 is 5.97 Å². The average Bonchev–Trinajstić information content (AvgIpc) is 2.79. The topological polar surface area (TPSA) is 75.4 Å². The van der Waals surface area contributed by atoms with E-state index in [1.807, 2.05) is 6.07 Å². The molecule has 0 saturated heterocycles. The van der Waals surface area contributed by atoms with Crippen molar-refractivity contribution in [2.45, 2.75) is 6.54 Å². The molecule has 0 fully saturated rings. The molecule has 0 spiro atoms. The van der Waals surface area contributed by atoms with Crippen LogP contribution < -0.4 is 5.32 Å². The van der Waals surface area contributed by atoms with Gasteiger partial charge in [0.05, 0.1) is 12.5 Å². The summed E-state index contributed by atoms with van der Waals surface area (Å²) in [6.07, 6.45) is 4.68. The molecule has 0 aliphatic rings. The second-order valence-electron chi connectivity index (χ2n) is 3.22. The first-order valence-electron chi connectivity index (χ1n) is 4.70. The Bertz CT molecular complexity index is 480. The van der Waals surface area contributed by atoms with Gasteiger partial charge in [0.15, 0.2) is 0 Å². The molecule has 0 radical (unpaired) electrons. The summed E-state index contributed by atoms with van der Waals surface area (Å²) in [5, 5.41) is 11.8. The molecule has 2 aromatic heterocycles. The van der Waals surface area contributed by atoms with Gasteiger partial charge in [-0.3, -0.25) is 0 Å². The molecule has 82 valence electrons. The van der Waals surface area contributed by atoms with Crippen LogP contribution in [0.3, 0.4) is 0 Å². The highest BCUT2D eigenvalue weighted by molar-refractivity contribution is 5.86. The van der Waals surface area contributed by atoms with Crippen molar-refractivity contribution in [2.75, 3.05) is 5.32 Å². The van der Waals surface area contributed by atoms with Gasteiger partial charge in [-0.05, 0) is 18.2 Å². The summed E-state index contributed by atoms with van der Waals surface area (Å²) in [6, 6.07) is 5.04. The highest BCUT2D eigenvalue weighted by Gasteiger charge is 2.04. The van der Waals surface area contributed by atoms with E-state index in [4.69, 9.17) is 9.52 Å². The highest BCUT2D eigenvalue weighted by Crippen LogP contribution is 2.10. The minimum absolute atomic E-state index is 0.0252. The molecular weight excluding hydrogens is 208 g/mol. The zero-order valence-electron chi connectivity index (χ0n) is 8.38. The van der Waals surface area contributed by atoms with Crippen LogP contribution in [0.25, 0.3) is 0 Å². The predicted molar refractivity (Wildman–Crippen MR) is 57.2 cm³/mol. The number of carboxylic acid groups (broad SMARTS) is 1. The molecular formula is C11H10N2O3. The number of rotatable bonds is 4. The van der Waals surface area contributed by atoms with Gasteiger partial charge < -0.3 is 14.8 Å². The maximum Gasteiger partial charge on any atom is 0.354 e. The van der Waals surface area contributed by atoms with Crippen LogP contribution in [0.5, 0.6) is 0 Å². The molecule has 0 aliphatic carbocycles. The Kier molecular flexibility index (Phi) is 2.86. The van der Waals surface area contributed by atoms with Crippen molar-refractivity contribution < 1.29 is 14.3 Å². The highest BCUT2D eigenvalue weighted by atomic mass is 16.4. The summed E-state index contributed by atoms with van der Waals surface area (Å²) >= 11 is 0. The van der Waals surface area contributed by atoms with Crippen LogP contribution in [0, 0.1) is 0 Å². The van der Waals surface area contributed by atoms with Gasteiger partial charge >= 0.3 is 5.97 Å². The van der Waals surface area contributed by atoms with Gasteiger partial charge in [0.1, 0.15) is 5.69 Å². The molecule has 0 saturated carbocycles. The van der Waals surface area contributed by atoms with Gasteiger partial charge in [0.25, 0.3) is 0 Å². The number of pyridine rings is 1. The zero-order valence-corrected chi connectivity index (χ0v) is 8.38. The molecule has 0 unspecified atom stereocenters. The molecule has 2 aromatic rings. The van der Waals surface area contributed by atoms with E-state index in [1.54, 1.807) is 18.6 Å². The molecule has 2 rings (SSSR count). The number of nitrogens with zero attached hydrogens (tertiary/aromatic N) is 1. The number of hydrogen-bond donors (Lipinski definition) is 2. The SMILES string of the molecule is O=C(O)c1cc(NCc2ccoc2)ccn1. The number of nitrogens with one attached hydrogen (secondary N) is 1. The van der Waals surface area contributed by atoms with Crippen molar-refractivity contribution >= 4 is 11.7 Å². The minimum Gasteiger partial charge on any atom is -0.477 e.